The van der Waals surface area contributed by atoms with Crippen molar-refractivity contribution >= 4 is 27.6 Å². The number of nitrogens with one attached hydrogen (secondary N) is 2. The standard InChI is InChI=1S/C13H15BrF2N2O2/c1-13(3-2-4-20-13)7-17-12(19)18-11-9(14)5-8(15)6-10(11)16/h5-6H,2-4,7H2,1H3,(H2,17,18,19)/t13-/m0/s1. The number of hydrogen-bond donors (Lipinski definition) is 2. The lowest BCUT2D eigenvalue weighted by atomic mass is 10.0. The van der Waals surface area contributed by atoms with Crippen LogP contribution in [0, 0.1) is 11.6 Å². The van der Waals surface area contributed by atoms with E-state index in [2.05, 4.69) is 26.6 Å². The van der Waals surface area contributed by atoms with Crippen LogP contribution in [0.5, 0.6) is 0 Å². The van der Waals surface area contributed by atoms with Crippen LogP contribution in [0.1, 0.15) is 19.8 Å². The highest BCUT2D eigenvalue weighted by Crippen LogP contribution is 2.27. The number of hydrogen-bond acceptors (Lipinski definition) is 2. The highest BCUT2D eigenvalue weighted by Gasteiger charge is 2.30. The molecule has 1 aromatic carbocycles. The van der Waals surface area contributed by atoms with Crippen molar-refractivity contribution < 1.29 is 18.3 Å². The number of ether oxygens (including phenoxy) is 1. The van der Waals surface area contributed by atoms with Crippen LogP contribution in [0.25, 0.3) is 0 Å². The fourth-order valence-electron chi connectivity index (χ4n) is 2.06. The van der Waals surface area contributed by atoms with Crippen molar-refractivity contribution in [3.8, 4) is 0 Å². The molecule has 7 heteroatoms. The Morgan fingerprint density at radius 3 is 2.85 bits per heavy atom. The summed E-state index contributed by atoms with van der Waals surface area (Å²) in [5.41, 5.74) is -0.475. The molecule has 1 atom stereocenters. The molecule has 0 unspecified atom stereocenters. The molecule has 1 aliphatic rings. The molecule has 2 N–H and O–H groups in total. The summed E-state index contributed by atoms with van der Waals surface area (Å²) in [6, 6.07) is 1.23. The van der Waals surface area contributed by atoms with Gasteiger partial charge in [0, 0.05) is 23.7 Å². The fraction of sp³-hybridized carbons (Fsp3) is 0.462. The van der Waals surface area contributed by atoms with Crippen LogP contribution in [0.2, 0.25) is 0 Å². The second-order valence-electron chi connectivity index (χ2n) is 4.95. The molecule has 0 bridgehead atoms. The average Bonchev–Trinajstić information content (AvgIpc) is 2.79. The Balaban J connectivity index is 1.95. The van der Waals surface area contributed by atoms with Gasteiger partial charge in [-0.2, -0.15) is 0 Å². The lowest BCUT2D eigenvalue weighted by Gasteiger charge is -2.23. The Labute approximate surface area is 124 Å². The Hall–Kier alpha value is -1.21. The lowest BCUT2D eigenvalue weighted by Crippen LogP contribution is -2.42. The molecule has 2 rings (SSSR count). The monoisotopic (exact) mass is 348 g/mol. The van der Waals surface area contributed by atoms with Gasteiger partial charge in [-0.1, -0.05) is 0 Å². The molecular formula is C13H15BrF2N2O2. The highest BCUT2D eigenvalue weighted by molar-refractivity contribution is 9.10. The third-order valence-electron chi connectivity index (χ3n) is 3.17. The quantitative estimate of drug-likeness (QED) is 0.879. The SMILES string of the molecule is C[C@@]1(CNC(=O)Nc2c(F)cc(F)cc2Br)CCCO1. The fourth-order valence-corrected chi connectivity index (χ4v) is 2.57. The first-order chi connectivity index (χ1) is 9.39. The van der Waals surface area contributed by atoms with Gasteiger partial charge in [-0.3, -0.25) is 0 Å². The summed E-state index contributed by atoms with van der Waals surface area (Å²) in [6.07, 6.45) is 1.82. The predicted molar refractivity (Wildman–Crippen MR) is 74.7 cm³/mol. The van der Waals surface area contributed by atoms with Crippen LogP contribution < -0.4 is 10.6 Å². The lowest BCUT2D eigenvalue weighted by molar-refractivity contribution is 0.0232. The maximum atomic E-state index is 13.6. The number of benzene rings is 1. The van der Waals surface area contributed by atoms with Crippen LogP contribution in [-0.4, -0.2) is 24.8 Å². The zero-order valence-electron chi connectivity index (χ0n) is 10.9. The number of carbonyl (C=O) groups excluding carboxylic acids is 1. The van der Waals surface area contributed by atoms with Gasteiger partial charge in [-0.25, -0.2) is 13.6 Å². The van der Waals surface area contributed by atoms with Crippen molar-refractivity contribution in [2.24, 2.45) is 0 Å². The Morgan fingerprint density at radius 2 is 2.25 bits per heavy atom. The van der Waals surface area contributed by atoms with E-state index in [9.17, 15) is 13.6 Å². The minimum Gasteiger partial charge on any atom is -0.373 e. The third kappa shape index (κ3) is 3.67. The van der Waals surface area contributed by atoms with Crippen molar-refractivity contribution in [3.05, 3.63) is 28.2 Å². The van der Waals surface area contributed by atoms with E-state index in [4.69, 9.17) is 4.74 Å². The summed E-state index contributed by atoms with van der Waals surface area (Å²) in [5.74, 6) is -1.55. The summed E-state index contributed by atoms with van der Waals surface area (Å²) in [7, 11) is 0. The van der Waals surface area contributed by atoms with Crippen LogP contribution in [0.15, 0.2) is 16.6 Å². The first-order valence-electron chi connectivity index (χ1n) is 6.23. The van der Waals surface area contributed by atoms with Crippen LogP contribution in [0.4, 0.5) is 19.3 Å². The molecule has 1 aliphatic heterocycles. The van der Waals surface area contributed by atoms with Crippen molar-refractivity contribution in [2.75, 3.05) is 18.5 Å². The number of carbonyl (C=O) groups is 1. The minimum atomic E-state index is -0.838. The van der Waals surface area contributed by atoms with Gasteiger partial charge >= 0.3 is 6.03 Å². The predicted octanol–water partition coefficient (Wildman–Crippen LogP) is 3.42. The second kappa shape index (κ2) is 6.05. The van der Waals surface area contributed by atoms with Crippen LogP contribution in [0.3, 0.4) is 0 Å². The van der Waals surface area contributed by atoms with Crippen molar-refractivity contribution in [1.82, 2.24) is 5.32 Å². The van der Waals surface area contributed by atoms with E-state index in [0.29, 0.717) is 19.2 Å². The summed E-state index contributed by atoms with van der Waals surface area (Å²) < 4.78 is 32.2. The molecule has 0 spiro atoms. The van der Waals surface area contributed by atoms with E-state index in [0.717, 1.165) is 18.9 Å². The maximum Gasteiger partial charge on any atom is 0.319 e. The molecular weight excluding hydrogens is 334 g/mol. The van der Waals surface area contributed by atoms with E-state index in [-0.39, 0.29) is 15.8 Å². The normalized spacial score (nSPS) is 21.8. The van der Waals surface area contributed by atoms with Crippen LogP contribution >= 0.6 is 15.9 Å². The summed E-state index contributed by atoms with van der Waals surface area (Å²) >= 11 is 3.01. The largest absolute Gasteiger partial charge is 0.373 e. The zero-order valence-corrected chi connectivity index (χ0v) is 12.5. The molecule has 1 aromatic rings. The van der Waals surface area contributed by atoms with Crippen LogP contribution in [-0.2, 0) is 4.74 Å². The number of rotatable bonds is 3. The van der Waals surface area contributed by atoms with Gasteiger partial charge < -0.3 is 15.4 Å². The topological polar surface area (TPSA) is 50.4 Å². The first-order valence-corrected chi connectivity index (χ1v) is 7.02. The van der Waals surface area contributed by atoms with Gasteiger partial charge in [0.1, 0.15) is 5.82 Å². The van der Waals surface area contributed by atoms with E-state index >= 15 is 0 Å². The highest BCUT2D eigenvalue weighted by atomic mass is 79.9. The summed E-state index contributed by atoms with van der Waals surface area (Å²) in [4.78, 5) is 11.7. The molecule has 1 saturated heterocycles. The third-order valence-corrected chi connectivity index (χ3v) is 3.79. The van der Waals surface area contributed by atoms with E-state index in [1.165, 1.54) is 0 Å². The van der Waals surface area contributed by atoms with Gasteiger partial charge in [0.15, 0.2) is 5.82 Å². The Morgan fingerprint density at radius 1 is 1.50 bits per heavy atom. The van der Waals surface area contributed by atoms with E-state index in [1.54, 1.807) is 0 Å². The van der Waals surface area contributed by atoms with Gasteiger partial charge in [0.05, 0.1) is 11.3 Å². The molecule has 2 amide bonds. The number of anilines is 1. The molecule has 20 heavy (non-hydrogen) atoms. The second-order valence-corrected chi connectivity index (χ2v) is 5.81. The van der Waals surface area contributed by atoms with Gasteiger partial charge in [-0.15, -0.1) is 0 Å². The maximum absolute atomic E-state index is 13.6. The molecule has 1 heterocycles. The Bertz CT molecular complexity index is 496. The summed E-state index contributed by atoms with van der Waals surface area (Å²) in [5, 5.41) is 4.98. The molecule has 110 valence electrons. The molecule has 1 fully saturated rings. The zero-order chi connectivity index (χ0) is 14.8. The summed E-state index contributed by atoms with van der Waals surface area (Å²) in [6.45, 7) is 2.92. The smallest absolute Gasteiger partial charge is 0.319 e. The Kier molecular flexibility index (Phi) is 4.59. The molecule has 4 nitrogen and oxygen atoms in total. The van der Waals surface area contributed by atoms with E-state index in [1.807, 2.05) is 6.92 Å². The molecule has 0 saturated carbocycles. The number of halogens is 3. The van der Waals surface area contributed by atoms with Gasteiger partial charge in [-0.05, 0) is 41.8 Å². The molecule has 0 radical (unpaired) electrons. The van der Waals surface area contributed by atoms with Crippen molar-refractivity contribution in [3.63, 3.8) is 0 Å². The minimum absolute atomic E-state index is 0.0959. The molecule has 0 aliphatic carbocycles. The van der Waals surface area contributed by atoms with Crippen molar-refractivity contribution in [1.29, 1.82) is 0 Å². The van der Waals surface area contributed by atoms with Crippen molar-refractivity contribution in [2.45, 2.75) is 25.4 Å². The van der Waals surface area contributed by atoms with E-state index < -0.39 is 17.7 Å². The van der Waals surface area contributed by atoms with Gasteiger partial charge in [0.2, 0.25) is 0 Å². The van der Waals surface area contributed by atoms with Gasteiger partial charge in [0.25, 0.3) is 0 Å². The number of amides is 2. The first kappa shape index (κ1) is 15.2. The molecule has 0 aromatic heterocycles. The number of urea groups is 1. The average molecular weight is 349 g/mol.